The van der Waals surface area contributed by atoms with Crippen LogP contribution < -0.4 is 4.43 Å². The fourth-order valence-electron chi connectivity index (χ4n) is 3.41. The molecule has 1 saturated carbocycles. The third-order valence-corrected chi connectivity index (χ3v) is 5.08. The van der Waals surface area contributed by atoms with Crippen LogP contribution in [0.4, 0.5) is 0 Å². The average Bonchev–Trinajstić information content (AvgIpc) is 2.95. The Morgan fingerprint density at radius 2 is 1.88 bits per heavy atom. The molecule has 1 aromatic rings. The van der Waals surface area contributed by atoms with Gasteiger partial charge < -0.3 is 10.5 Å². The second kappa shape index (κ2) is 9.68. The summed E-state index contributed by atoms with van der Waals surface area (Å²) in [5, 5.41) is 4.92. The minimum absolute atomic E-state index is 0.628. The van der Waals surface area contributed by atoms with Crippen LogP contribution in [0.25, 0.3) is 5.43 Å². The fourth-order valence-corrected chi connectivity index (χ4v) is 3.62. The van der Waals surface area contributed by atoms with Gasteiger partial charge in [0.1, 0.15) is 0 Å². The van der Waals surface area contributed by atoms with Crippen LogP contribution in [-0.2, 0) is 27.3 Å². The first-order valence-corrected chi connectivity index (χ1v) is 9.75. The molecule has 0 aromatic carbocycles. The zero-order chi connectivity index (χ0) is 17.5. The molecule has 2 bridgehead atoms. The maximum absolute atomic E-state index is 9.77. The first-order valence-electron chi connectivity index (χ1n) is 8.01. The number of nitrogens with zero attached hydrogens (tertiary/aromatic N) is 4. The Morgan fingerprint density at radius 1 is 1.29 bits per heavy atom. The van der Waals surface area contributed by atoms with Gasteiger partial charge in [0.25, 0.3) is 0 Å². The molecule has 3 heterocycles. The number of rotatable bonds is 2. The maximum atomic E-state index is 9.77. The van der Waals surface area contributed by atoms with Crippen LogP contribution in [0.2, 0.25) is 0 Å². The van der Waals surface area contributed by atoms with E-state index in [1.165, 1.54) is 25.7 Å². The summed E-state index contributed by atoms with van der Waals surface area (Å²) in [5.41, 5.74) is 5.56. The van der Waals surface area contributed by atoms with Gasteiger partial charge in [-0.3, -0.25) is 0 Å². The molecule has 3 aliphatic rings. The molecule has 0 unspecified atom stereocenters. The molecule has 2 saturated heterocycles. The summed E-state index contributed by atoms with van der Waals surface area (Å²) in [5.74, 6) is 1.55. The molecule has 0 atom stereocenters. The SMILES string of the molecule is CC(=N[N-]C(=[SH+])N1CC2CCC(CC2)C1)[c-]1cccc[n+]1=[OH+].[Cl][Cu]. The number of halogens is 1. The molecule has 1 aromatic heterocycles. The van der Waals surface area contributed by atoms with Crippen molar-refractivity contribution in [1.29, 1.82) is 0 Å². The Bertz CT molecular complexity index is 629. The molecule has 2 aliphatic heterocycles. The predicted molar refractivity (Wildman–Crippen MR) is 96.2 cm³/mol. The Labute approximate surface area is 160 Å². The summed E-state index contributed by atoms with van der Waals surface area (Å²) in [6.45, 7) is 3.91. The first kappa shape index (κ1) is 19.6. The van der Waals surface area contributed by atoms with Crippen LogP contribution in [0.5, 0.6) is 0 Å². The quantitative estimate of drug-likeness (QED) is 0.106. The number of thiol groups is 1. The van der Waals surface area contributed by atoms with Crippen molar-refractivity contribution >= 4 is 33.1 Å². The van der Waals surface area contributed by atoms with E-state index in [1.54, 1.807) is 18.3 Å². The topological polar surface area (TPSA) is 57.0 Å². The Hall–Kier alpha value is -0.721. The summed E-state index contributed by atoms with van der Waals surface area (Å²) < 4.78 is 1.05. The van der Waals surface area contributed by atoms with Gasteiger partial charge in [0.15, 0.2) is 23.5 Å². The van der Waals surface area contributed by atoms with Crippen LogP contribution in [0.15, 0.2) is 29.5 Å². The van der Waals surface area contributed by atoms with Crippen molar-refractivity contribution in [2.24, 2.45) is 16.9 Å². The fraction of sp³-hybridized carbons (Fsp3) is 0.562. The van der Waals surface area contributed by atoms with Gasteiger partial charge >= 0.3 is 25.2 Å². The van der Waals surface area contributed by atoms with Crippen LogP contribution in [0.3, 0.4) is 0 Å². The van der Waals surface area contributed by atoms with Gasteiger partial charge in [-0.2, -0.15) is 6.07 Å². The molecule has 4 rings (SSSR count). The molecular weight excluding hydrogens is 395 g/mol. The second-order valence-corrected chi connectivity index (χ2v) is 6.71. The zero-order valence-electron chi connectivity index (χ0n) is 13.6. The van der Waals surface area contributed by atoms with Crippen molar-refractivity contribution in [3.05, 3.63) is 35.5 Å². The van der Waals surface area contributed by atoms with E-state index in [-0.39, 0.29) is 0 Å². The Morgan fingerprint density at radius 3 is 2.42 bits per heavy atom. The molecule has 8 heteroatoms. The van der Waals surface area contributed by atoms with Crippen molar-refractivity contribution in [3.8, 4) is 0 Å². The van der Waals surface area contributed by atoms with Gasteiger partial charge in [-0.25, -0.2) is 4.90 Å². The van der Waals surface area contributed by atoms with Crippen molar-refractivity contribution < 1.29 is 24.4 Å². The van der Waals surface area contributed by atoms with Crippen molar-refractivity contribution in [2.45, 2.75) is 32.6 Å². The number of hydrogen-bond acceptors (Lipinski definition) is 1. The molecule has 1 N–H and O–H groups in total. The molecular formula is C16H23ClCuN4OS+. The summed E-state index contributed by atoms with van der Waals surface area (Å²) >= 11 is 8.20. The Kier molecular flexibility index (Phi) is 7.91. The number of hydrogen-bond donors (Lipinski definition) is 0. The van der Waals surface area contributed by atoms with Gasteiger partial charge in [0, 0.05) is 18.8 Å². The normalized spacial score (nSPS) is 23.9. The predicted octanol–water partition coefficient (Wildman–Crippen LogP) is 2.38. The van der Waals surface area contributed by atoms with E-state index in [0.717, 1.165) is 29.4 Å². The molecule has 3 fully saturated rings. The van der Waals surface area contributed by atoms with Crippen LogP contribution in [-0.4, -0.2) is 33.7 Å². The van der Waals surface area contributed by atoms with Crippen LogP contribution in [0, 0.1) is 11.8 Å². The van der Waals surface area contributed by atoms with E-state index in [4.69, 9.17) is 0 Å². The van der Waals surface area contributed by atoms with Gasteiger partial charge in [-0.15, -0.1) is 6.07 Å². The van der Waals surface area contributed by atoms with E-state index >= 15 is 0 Å². The first-order chi connectivity index (χ1) is 11.6. The molecule has 24 heavy (non-hydrogen) atoms. The zero-order valence-corrected chi connectivity index (χ0v) is 16.2. The minimum atomic E-state index is 0.628. The molecule has 0 amide bonds. The van der Waals surface area contributed by atoms with Crippen molar-refractivity contribution in [2.75, 3.05) is 13.1 Å². The van der Waals surface area contributed by atoms with Crippen molar-refractivity contribution in [3.63, 3.8) is 0 Å². The standard InChI is InChI=1S/C16H22N4OS.ClH.Cu/c1-12(15-4-2-3-9-20(15)21)17-18-16(22)19-10-13-5-6-14(11-19)8-7-13;;/h2-4,9,13-14H,5-8,10-11H2,1H3,(H,18,22);1H;/q;;+1. The average molecular weight is 418 g/mol. The molecule has 0 spiro atoms. The summed E-state index contributed by atoms with van der Waals surface area (Å²) in [6, 6.07) is 5.43. The molecule has 5 nitrogen and oxygen atoms in total. The summed E-state index contributed by atoms with van der Waals surface area (Å²) in [7, 11) is 4.20. The molecule has 1 aliphatic carbocycles. The van der Waals surface area contributed by atoms with Gasteiger partial charge in [-0.05, 0) is 49.3 Å². The van der Waals surface area contributed by atoms with Gasteiger partial charge in [0.05, 0.1) is 4.43 Å². The van der Waals surface area contributed by atoms with Gasteiger partial charge in [0.2, 0.25) is 5.69 Å². The van der Waals surface area contributed by atoms with Crippen molar-refractivity contribution in [1.82, 2.24) is 4.90 Å². The van der Waals surface area contributed by atoms with Crippen LogP contribution in [0.1, 0.15) is 38.3 Å². The van der Waals surface area contributed by atoms with Gasteiger partial charge in [-0.1, -0.05) is 6.07 Å². The Balaban J connectivity index is 0.00000100. The number of fused-ring (bicyclic) bond motifs is 4. The van der Waals surface area contributed by atoms with E-state index < -0.39 is 0 Å². The number of aromatic nitrogens is 1. The van der Waals surface area contributed by atoms with E-state index in [0.29, 0.717) is 16.5 Å². The third kappa shape index (κ3) is 5.14. The molecule has 0 radical (unpaired) electrons. The second-order valence-electron chi connectivity index (χ2n) is 6.31. The van der Waals surface area contributed by atoms with E-state index in [1.807, 2.05) is 13.0 Å². The van der Waals surface area contributed by atoms with Crippen LogP contribution >= 0.6 is 10.1 Å². The summed E-state index contributed by atoms with van der Waals surface area (Å²) in [6.07, 6.45) is 6.91. The number of pyridine rings is 1. The van der Waals surface area contributed by atoms with E-state index in [2.05, 4.69) is 52.8 Å². The van der Waals surface area contributed by atoms with E-state index in [9.17, 15) is 4.91 Å². The monoisotopic (exact) mass is 417 g/mol. The summed E-state index contributed by atoms with van der Waals surface area (Å²) in [4.78, 5) is 12.0. The molecule has 136 valence electrons. The third-order valence-electron chi connectivity index (χ3n) is 4.71.